The van der Waals surface area contributed by atoms with E-state index in [0.29, 0.717) is 25.9 Å². The van der Waals surface area contributed by atoms with Crippen molar-refractivity contribution >= 4 is 11.9 Å². The van der Waals surface area contributed by atoms with E-state index in [4.69, 9.17) is 0 Å². The lowest BCUT2D eigenvalue weighted by Crippen LogP contribution is -2.39. The van der Waals surface area contributed by atoms with Crippen molar-refractivity contribution in [1.82, 2.24) is 10.6 Å². The Morgan fingerprint density at radius 1 is 1.40 bits per heavy atom. The molecule has 1 aliphatic heterocycles. The van der Waals surface area contributed by atoms with E-state index in [9.17, 15) is 9.59 Å². The van der Waals surface area contributed by atoms with Crippen LogP contribution in [0.25, 0.3) is 0 Å². The van der Waals surface area contributed by atoms with E-state index < -0.39 is 0 Å². The highest BCUT2D eigenvalue weighted by Gasteiger charge is 2.25. The molecule has 0 bridgehead atoms. The van der Waals surface area contributed by atoms with Gasteiger partial charge in [0.1, 0.15) is 0 Å². The van der Waals surface area contributed by atoms with Gasteiger partial charge in [-0.25, -0.2) is 0 Å². The summed E-state index contributed by atoms with van der Waals surface area (Å²) in [5.41, 5.74) is 2.27. The predicted molar refractivity (Wildman–Crippen MR) is 75.1 cm³/mol. The van der Waals surface area contributed by atoms with Crippen molar-refractivity contribution in [3.63, 3.8) is 0 Å². The number of methoxy groups -OCH3 is 1. The van der Waals surface area contributed by atoms with Gasteiger partial charge >= 0.3 is 5.97 Å². The van der Waals surface area contributed by atoms with Crippen LogP contribution >= 0.6 is 0 Å². The third-order valence-electron chi connectivity index (χ3n) is 3.50. The summed E-state index contributed by atoms with van der Waals surface area (Å²) >= 11 is 0. The molecule has 1 unspecified atom stereocenters. The zero-order chi connectivity index (χ0) is 14.4. The maximum Gasteiger partial charge on any atom is 0.305 e. The van der Waals surface area contributed by atoms with Gasteiger partial charge in [0.05, 0.1) is 13.0 Å². The van der Waals surface area contributed by atoms with Crippen LogP contribution in [0, 0.1) is 0 Å². The number of ether oxygens (including phenoxy) is 1. The van der Waals surface area contributed by atoms with E-state index >= 15 is 0 Å². The summed E-state index contributed by atoms with van der Waals surface area (Å²) in [4.78, 5) is 23.2. The van der Waals surface area contributed by atoms with Crippen LogP contribution in [0.2, 0.25) is 0 Å². The van der Waals surface area contributed by atoms with Crippen LogP contribution in [-0.4, -0.2) is 32.1 Å². The van der Waals surface area contributed by atoms with Crippen molar-refractivity contribution < 1.29 is 14.3 Å². The zero-order valence-corrected chi connectivity index (χ0v) is 11.6. The second-order valence-electron chi connectivity index (χ2n) is 4.85. The van der Waals surface area contributed by atoms with Crippen molar-refractivity contribution in [2.45, 2.75) is 25.3 Å². The van der Waals surface area contributed by atoms with E-state index in [1.54, 1.807) is 0 Å². The Balaban J connectivity index is 1.86. The molecule has 1 amide bonds. The first-order valence-electron chi connectivity index (χ1n) is 6.85. The third kappa shape index (κ3) is 3.57. The third-order valence-corrected chi connectivity index (χ3v) is 3.50. The fourth-order valence-corrected chi connectivity index (χ4v) is 2.40. The fourth-order valence-electron chi connectivity index (χ4n) is 2.40. The zero-order valence-electron chi connectivity index (χ0n) is 11.6. The van der Waals surface area contributed by atoms with Gasteiger partial charge in [-0.2, -0.15) is 0 Å². The van der Waals surface area contributed by atoms with E-state index in [1.165, 1.54) is 12.7 Å². The molecule has 2 N–H and O–H groups in total. The first-order valence-corrected chi connectivity index (χ1v) is 6.85. The topological polar surface area (TPSA) is 67.4 Å². The highest BCUT2D eigenvalue weighted by atomic mass is 16.5. The summed E-state index contributed by atoms with van der Waals surface area (Å²) in [6.07, 6.45) is 0.927. The Morgan fingerprint density at radius 2 is 2.20 bits per heavy atom. The SMILES string of the molecule is COC(=O)CCCNC(=O)C1CNCc2ccccc21. The quantitative estimate of drug-likeness (QED) is 0.620. The van der Waals surface area contributed by atoms with Gasteiger partial charge in [0, 0.05) is 26.1 Å². The van der Waals surface area contributed by atoms with Crippen molar-refractivity contribution in [3.8, 4) is 0 Å². The Morgan fingerprint density at radius 3 is 3.00 bits per heavy atom. The summed E-state index contributed by atoms with van der Waals surface area (Å²) < 4.78 is 4.56. The van der Waals surface area contributed by atoms with Crippen molar-refractivity contribution in [2.75, 3.05) is 20.2 Å². The van der Waals surface area contributed by atoms with Gasteiger partial charge in [-0.3, -0.25) is 9.59 Å². The molecule has 0 radical (unpaired) electrons. The lowest BCUT2D eigenvalue weighted by molar-refractivity contribution is -0.140. The van der Waals surface area contributed by atoms with E-state index in [-0.39, 0.29) is 17.8 Å². The molecule has 5 heteroatoms. The molecule has 1 aromatic rings. The number of amides is 1. The summed E-state index contributed by atoms with van der Waals surface area (Å²) in [7, 11) is 1.37. The standard InChI is InChI=1S/C15H20N2O3/c1-20-14(18)7-4-8-17-15(19)13-10-16-9-11-5-2-3-6-12(11)13/h2-3,5-6,13,16H,4,7-10H2,1H3,(H,17,19). The molecule has 0 aromatic heterocycles. The molecule has 1 aromatic carbocycles. The second kappa shape index (κ2) is 7.05. The highest BCUT2D eigenvalue weighted by molar-refractivity contribution is 5.84. The van der Waals surface area contributed by atoms with Gasteiger partial charge in [0.25, 0.3) is 0 Å². The number of hydrogen-bond donors (Lipinski definition) is 2. The van der Waals surface area contributed by atoms with Crippen LogP contribution in [-0.2, 0) is 20.9 Å². The van der Waals surface area contributed by atoms with Gasteiger partial charge in [-0.15, -0.1) is 0 Å². The van der Waals surface area contributed by atoms with E-state index in [2.05, 4.69) is 15.4 Å². The molecule has 108 valence electrons. The number of fused-ring (bicyclic) bond motifs is 1. The molecule has 0 saturated heterocycles. The largest absolute Gasteiger partial charge is 0.469 e. The molecule has 1 aliphatic rings. The first-order chi connectivity index (χ1) is 9.72. The number of rotatable bonds is 5. The Labute approximate surface area is 118 Å². The van der Waals surface area contributed by atoms with E-state index in [1.807, 2.05) is 24.3 Å². The van der Waals surface area contributed by atoms with Crippen LogP contribution < -0.4 is 10.6 Å². The molecule has 0 saturated carbocycles. The fraction of sp³-hybridized carbons (Fsp3) is 0.467. The molecule has 0 aliphatic carbocycles. The molecule has 1 heterocycles. The summed E-state index contributed by atoms with van der Waals surface area (Å²) in [6.45, 7) is 1.95. The molecule has 2 rings (SSSR count). The summed E-state index contributed by atoms with van der Waals surface area (Å²) in [6, 6.07) is 7.99. The maximum atomic E-state index is 12.2. The number of esters is 1. The smallest absolute Gasteiger partial charge is 0.305 e. The van der Waals surface area contributed by atoms with Crippen molar-refractivity contribution in [1.29, 1.82) is 0 Å². The Bertz CT molecular complexity index is 488. The molecule has 0 spiro atoms. The molecular weight excluding hydrogens is 256 g/mol. The Kier molecular flexibility index (Phi) is 5.12. The van der Waals surface area contributed by atoms with Crippen LogP contribution in [0.1, 0.15) is 29.9 Å². The number of carbonyl (C=O) groups excluding carboxylic acids is 2. The minimum Gasteiger partial charge on any atom is -0.469 e. The molecule has 0 fully saturated rings. The molecule has 5 nitrogen and oxygen atoms in total. The van der Waals surface area contributed by atoms with Crippen molar-refractivity contribution in [2.24, 2.45) is 0 Å². The molecule has 1 atom stereocenters. The first kappa shape index (κ1) is 14.5. The lowest BCUT2D eigenvalue weighted by atomic mass is 9.90. The minimum atomic E-state index is -0.246. The summed E-state index contributed by atoms with van der Waals surface area (Å²) in [5, 5.41) is 6.14. The van der Waals surface area contributed by atoms with Crippen molar-refractivity contribution in [3.05, 3.63) is 35.4 Å². The average molecular weight is 276 g/mol. The number of hydrogen-bond acceptors (Lipinski definition) is 4. The van der Waals surface area contributed by atoms with Gasteiger partial charge in [0.15, 0.2) is 0 Å². The highest BCUT2D eigenvalue weighted by Crippen LogP contribution is 2.23. The Hall–Kier alpha value is -1.88. The normalized spacial score (nSPS) is 17.1. The molecule has 20 heavy (non-hydrogen) atoms. The van der Waals surface area contributed by atoms with Crippen LogP contribution in [0.15, 0.2) is 24.3 Å². The summed E-state index contributed by atoms with van der Waals surface area (Å²) in [5.74, 6) is -0.392. The lowest BCUT2D eigenvalue weighted by Gasteiger charge is -2.25. The second-order valence-corrected chi connectivity index (χ2v) is 4.85. The van der Waals surface area contributed by atoms with Crippen LogP contribution in [0.4, 0.5) is 0 Å². The van der Waals surface area contributed by atoms with Gasteiger partial charge in [-0.1, -0.05) is 24.3 Å². The van der Waals surface area contributed by atoms with Crippen LogP contribution in [0.5, 0.6) is 0 Å². The molecular formula is C15H20N2O3. The number of carbonyl (C=O) groups is 2. The number of nitrogens with one attached hydrogen (secondary N) is 2. The van der Waals surface area contributed by atoms with Gasteiger partial charge in [-0.05, 0) is 17.5 Å². The number of benzene rings is 1. The maximum absolute atomic E-state index is 12.2. The predicted octanol–water partition coefficient (Wildman–Crippen LogP) is 0.943. The minimum absolute atomic E-state index is 0.00881. The van der Waals surface area contributed by atoms with E-state index in [0.717, 1.165) is 12.1 Å². The van der Waals surface area contributed by atoms with Crippen LogP contribution in [0.3, 0.4) is 0 Å². The van der Waals surface area contributed by atoms with Gasteiger partial charge < -0.3 is 15.4 Å². The van der Waals surface area contributed by atoms with Gasteiger partial charge in [0.2, 0.25) is 5.91 Å². The average Bonchev–Trinajstić information content (AvgIpc) is 2.50. The monoisotopic (exact) mass is 276 g/mol.